The summed E-state index contributed by atoms with van der Waals surface area (Å²) in [6.07, 6.45) is 5.04. The first kappa shape index (κ1) is 31.7. The summed E-state index contributed by atoms with van der Waals surface area (Å²) < 4.78 is 0. The van der Waals surface area contributed by atoms with Gasteiger partial charge < -0.3 is 37.3 Å². The van der Waals surface area contributed by atoms with Gasteiger partial charge in [0, 0.05) is 47.5 Å². The normalized spacial score (nSPS) is 19.2. The van der Waals surface area contributed by atoms with E-state index in [-0.39, 0.29) is 24.1 Å². The molecule has 0 fully saturated rings. The second-order valence-corrected chi connectivity index (χ2v) is 11.6. The van der Waals surface area contributed by atoms with Gasteiger partial charge in [-0.2, -0.15) is 0 Å². The Morgan fingerprint density at radius 3 is 2.36 bits per heavy atom. The quantitative estimate of drug-likeness (QED) is 0.158. The van der Waals surface area contributed by atoms with E-state index >= 15 is 0 Å². The number of carbonyl (C=O) groups excluding carboxylic acids is 3. The number of anilines is 2. The highest BCUT2D eigenvalue weighted by Gasteiger charge is 2.34. The number of nitrogens with one attached hydrogen (secondary N) is 4. The lowest BCUT2D eigenvalue weighted by atomic mass is 10.00. The summed E-state index contributed by atoms with van der Waals surface area (Å²) in [5.41, 5.74) is 16.5. The second-order valence-electron chi connectivity index (χ2n) is 11.6. The first-order chi connectivity index (χ1) is 21.9. The van der Waals surface area contributed by atoms with Crippen molar-refractivity contribution in [1.82, 2.24) is 15.2 Å². The van der Waals surface area contributed by atoms with E-state index in [1.165, 1.54) is 4.90 Å². The monoisotopic (exact) mass is 609 g/mol. The molecule has 2 heterocycles. The van der Waals surface area contributed by atoms with Crippen LogP contribution in [0.1, 0.15) is 37.7 Å². The molecular formula is C35H43N7O3. The third-order valence-electron chi connectivity index (χ3n) is 8.48. The number of likely N-dealkylation sites (N-methyl/N-ethyl adjacent to an activating group) is 1. The summed E-state index contributed by atoms with van der Waals surface area (Å²) in [6.45, 7) is 0.913. The molecule has 0 radical (unpaired) electrons. The molecule has 10 heteroatoms. The number of aromatic nitrogens is 1. The maximum absolute atomic E-state index is 14.2. The van der Waals surface area contributed by atoms with Crippen LogP contribution in [0.3, 0.4) is 0 Å². The van der Waals surface area contributed by atoms with Gasteiger partial charge in [-0.3, -0.25) is 14.4 Å². The highest BCUT2D eigenvalue weighted by atomic mass is 16.2. The summed E-state index contributed by atoms with van der Waals surface area (Å²) in [4.78, 5) is 47.0. The zero-order valence-electron chi connectivity index (χ0n) is 25.7. The van der Waals surface area contributed by atoms with Gasteiger partial charge in [-0.15, -0.1) is 0 Å². The van der Waals surface area contributed by atoms with Crippen molar-refractivity contribution in [2.45, 2.75) is 56.7 Å². The number of benzene rings is 3. The van der Waals surface area contributed by atoms with Gasteiger partial charge in [-0.25, -0.2) is 0 Å². The standard InChI is InChI=1S/C35H43N7O3/c1-42-32(21-24-22-38-28-14-4-2-13-27(24)28)34(44)40-29-15-5-3-12-26(29)23-10-8-11-25(20-23)39-30(17-9-19-37)33(43)41-31(35(42)45)16-6-7-18-36/h2-5,8,10-15,20,22,30-32,38-39H,6-7,9,16-19,21,36-37H2,1H3,(H,40,44)(H,41,43)/t30?,31-,32?/m0/s1. The molecule has 3 atom stereocenters. The van der Waals surface area contributed by atoms with Crippen LogP contribution in [0.2, 0.25) is 0 Å². The number of rotatable bonds is 9. The molecule has 3 aromatic carbocycles. The van der Waals surface area contributed by atoms with Crippen LogP contribution in [0.5, 0.6) is 0 Å². The minimum atomic E-state index is -0.860. The number of fused-ring (bicyclic) bond motifs is 5. The van der Waals surface area contributed by atoms with Crippen LogP contribution in [0.15, 0.2) is 79.0 Å². The molecular weight excluding hydrogens is 566 g/mol. The Kier molecular flexibility index (Phi) is 10.5. The van der Waals surface area contributed by atoms with E-state index in [1.807, 2.05) is 79.0 Å². The van der Waals surface area contributed by atoms with Gasteiger partial charge in [0.15, 0.2) is 0 Å². The van der Waals surface area contributed by atoms with Crippen LogP contribution in [0.25, 0.3) is 22.0 Å². The summed E-state index contributed by atoms with van der Waals surface area (Å²) in [7, 11) is 1.64. The third-order valence-corrected chi connectivity index (χ3v) is 8.48. The minimum absolute atomic E-state index is 0.278. The summed E-state index contributed by atoms with van der Waals surface area (Å²) in [5.74, 6) is -0.941. The van der Waals surface area contributed by atoms with Gasteiger partial charge >= 0.3 is 0 Å². The maximum Gasteiger partial charge on any atom is 0.247 e. The Hall–Kier alpha value is -4.67. The van der Waals surface area contributed by atoms with Crippen molar-refractivity contribution in [2.75, 3.05) is 30.8 Å². The Morgan fingerprint density at radius 1 is 0.778 bits per heavy atom. The molecule has 0 spiro atoms. The molecule has 1 aliphatic heterocycles. The van der Waals surface area contributed by atoms with Gasteiger partial charge in [0.05, 0.1) is 0 Å². The average Bonchev–Trinajstić information content (AvgIpc) is 3.47. The largest absolute Gasteiger partial charge is 0.374 e. The number of carbonyl (C=O) groups is 3. The van der Waals surface area contributed by atoms with Crippen LogP contribution in [0.4, 0.5) is 11.4 Å². The van der Waals surface area contributed by atoms with Crippen LogP contribution in [-0.2, 0) is 20.8 Å². The molecule has 1 aliphatic rings. The van der Waals surface area contributed by atoms with Crippen molar-refractivity contribution in [2.24, 2.45) is 11.5 Å². The predicted octanol–water partition coefficient (Wildman–Crippen LogP) is 3.99. The third kappa shape index (κ3) is 7.53. The van der Waals surface area contributed by atoms with E-state index < -0.39 is 18.1 Å². The molecule has 2 unspecified atom stereocenters. The lowest BCUT2D eigenvalue weighted by molar-refractivity contribution is -0.140. The van der Waals surface area contributed by atoms with Crippen molar-refractivity contribution < 1.29 is 14.4 Å². The smallest absolute Gasteiger partial charge is 0.247 e. The predicted molar refractivity (Wildman–Crippen MR) is 180 cm³/mol. The van der Waals surface area contributed by atoms with E-state index in [9.17, 15) is 14.4 Å². The van der Waals surface area contributed by atoms with Crippen LogP contribution in [0, 0.1) is 0 Å². The molecule has 0 saturated carbocycles. The molecule has 5 rings (SSSR count). The molecule has 3 amide bonds. The SMILES string of the molecule is CN1C(=O)[C@H](CCCCN)NC(=O)C(CCCN)Nc2cccc(c2)-c2ccccc2NC(=O)C1Cc1c[nH]c2ccccc12. The van der Waals surface area contributed by atoms with E-state index in [1.54, 1.807) is 7.05 Å². The van der Waals surface area contributed by atoms with E-state index in [2.05, 4.69) is 20.9 Å². The van der Waals surface area contributed by atoms with Crippen molar-refractivity contribution in [3.8, 4) is 11.1 Å². The number of nitrogens with zero attached hydrogens (tertiary/aromatic N) is 1. The fraction of sp³-hybridized carbons (Fsp3) is 0.343. The zero-order chi connectivity index (χ0) is 31.8. The first-order valence-electron chi connectivity index (χ1n) is 15.7. The van der Waals surface area contributed by atoms with Gasteiger partial charge in [-0.05, 0) is 80.6 Å². The van der Waals surface area contributed by atoms with E-state index in [4.69, 9.17) is 11.5 Å². The number of aromatic amines is 1. The topological polar surface area (TPSA) is 158 Å². The summed E-state index contributed by atoms with van der Waals surface area (Å²) >= 11 is 0. The number of unbranched alkanes of at least 4 members (excludes halogenated alkanes) is 1. The van der Waals surface area contributed by atoms with Crippen molar-refractivity contribution in [1.29, 1.82) is 0 Å². The van der Waals surface area contributed by atoms with Gasteiger partial charge in [-0.1, -0.05) is 48.5 Å². The molecule has 45 heavy (non-hydrogen) atoms. The second kappa shape index (κ2) is 14.9. The zero-order valence-corrected chi connectivity index (χ0v) is 25.7. The number of H-pyrrole nitrogens is 1. The van der Waals surface area contributed by atoms with Crippen molar-refractivity contribution >= 4 is 40.0 Å². The highest BCUT2D eigenvalue weighted by molar-refractivity contribution is 6.02. The van der Waals surface area contributed by atoms with E-state index in [0.29, 0.717) is 50.9 Å². The van der Waals surface area contributed by atoms with Crippen LogP contribution in [-0.4, -0.2) is 65.9 Å². The summed E-state index contributed by atoms with van der Waals surface area (Å²) in [5, 5.41) is 10.5. The molecule has 8 N–H and O–H groups in total. The molecule has 4 aromatic rings. The fourth-order valence-corrected chi connectivity index (χ4v) is 5.96. The highest BCUT2D eigenvalue weighted by Crippen LogP contribution is 2.31. The Balaban J connectivity index is 1.59. The molecule has 2 bridgehead atoms. The number of amides is 3. The first-order valence-corrected chi connectivity index (χ1v) is 15.7. The molecule has 1 aromatic heterocycles. The molecule has 0 aliphatic carbocycles. The van der Waals surface area contributed by atoms with Crippen LogP contribution >= 0.6 is 0 Å². The Labute approximate surface area is 263 Å². The van der Waals surface area contributed by atoms with E-state index in [0.717, 1.165) is 33.3 Å². The lowest BCUT2D eigenvalue weighted by Crippen LogP contribution is -2.55. The Morgan fingerprint density at radius 2 is 1.53 bits per heavy atom. The van der Waals surface area contributed by atoms with Gasteiger partial charge in [0.2, 0.25) is 17.7 Å². The van der Waals surface area contributed by atoms with Gasteiger partial charge in [0.25, 0.3) is 0 Å². The van der Waals surface area contributed by atoms with Crippen LogP contribution < -0.4 is 27.4 Å². The lowest BCUT2D eigenvalue weighted by Gasteiger charge is -2.32. The number of para-hydroxylation sites is 2. The minimum Gasteiger partial charge on any atom is -0.374 e. The van der Waals surface area contributed by atoms with Crippen molar-refractivity contribution in [3.05, 3.63) is 84.6 Å². The molecule has 236 valence electrons. The average molecular weight is 610 g/mol. The molecule has 0 saturated heterocycles. The molecule has 10 nitrogen and oxygen atoms in total. The van der Waals surface area contributed by atoms with Gasteiger partial charge in [0.1, 0.15) is 18.1 Å². The Bertz CT molecular complexity index is 1630. The number of hydrogen-bond acceptors (Lipinski definition) is 6. The number of nitrogens with two attached hydrogens (primary N) is 2. The number of hydrogen-bond donors (Lipinski definition) is 6. The van der Waals surface area contributed by atoms with Crippen molar-refractivity contribution in [3.63, 3.8) is 0 Å². The fourth-order valence-electron chi connectivity index (χ4n) is 5.96. The summed E-state index contributed by atoms with van der Waals surface area (Å²) in [6, 6.07) is 20.9. The maximum atomic E-state index is 14.2.